The molecule has 0 aliphatic carbocycles. The van der Waals surface area contributed by atoms with Crippen LogP contribution in [0.3, 0.4) is 0 Å². The smallest absolute Gasteiger partial charge is 0.110 e. The van der Waals surface area contributed by atoms with Gasteiger partial charge < -0.3 is 23.7 Å². The van der Waals surface area contributed by atoms with Crippen LogP contribution in [-0.4, -0.2) is 90.5 Å². The van der Waals surface area contributed by atoms with Crippen LogP contribution in [0.25, 0.3) is 0 Å². The molecule has 5 unspecified atom stereocenters. The van der Waals surface area contributed by atoms with E-state index in [9.17, 15) is 0 Å². The Morgan fingerprint density at radius 2 is 1.18 bits per heavy atom. The van der Waals surface area contributed by atoms with Crippen LogP contribution in [0.4, 0.5) is 0 Å². The summed E-state index contributed by atoms with van der Waals surface area (Å²) < 4.78 is 26.8. The van der Waals surface area contributed by atoms with Gasteiger partial charge in [-0.1, -0.05) is 0 Å². The molecule has 0 N–H and O–H groups in total. The molecule has 4 aliphatic heterocycles. The molecule has 4 rings (SSSR count). The van der Waals surface area contributed by atoms with Crippen molar-refractivity contribution in [2.45, 2.75) is 118 Å². The summed E-state index contributed by atoms with van der Waals surface area (Å²) in [5, 5.41) is 0. The second-order valence-corrected chi connectivity index (χ2v) is 15.6. The van der Waals surface area contributed by atoms with Crippen LogP contribution in [0.1, 0.15) is 91.9 Å². The average molecular weight is 649 g/mol. The molecular weight excluding hydrogens is 589 g/mol. The molecule has 5 atom stereocenters. The van der Waals surface area contributed by atoms with Crippen LogP contribution in [0.2, 0.25) is 0 Å². The number of thioether (sulfide) groups is 5. The normalized spacial score (nSPS) is 30.7. The maximum absolute atomic E-state index is 5.58. The summed E-state index contributed by atoms with van der Waals surface area (Å²) in [6.45, 7) is 13.1. The minimum Gasteiger partial charge on any atom is -0.368 e. The molecule has 39 heavy (non-hydrogen) atoms. The van der Waals surface area contributed by atoms with Crippen molar-refractivity contribution in [1.29, 1.82) is 0 Å². The van der Waals surface area contributed by atoms with Crippen molar-refractivity contribution in [1.82, 2.24) is 0 Å². The first kappa shape index (κ1) is 40.5. The number of hydrogen-bond acceptors (Lipinski definition) is 10. The van der Waals surface area contributed by atoms with Crippen molar-refractivity contribution >= 4 is 58.8 Å². The van der Waals surface area contributed by atoms with Crippen LogP contribution in [0.5, 0.6) is 0 Å². The summed E-state index contributed by atoms with van der Waals surface area (Å²) >= 11 is 9.00. The van der Waals surface area contributed by atoms with E-state index in [-0.39, 0.29) is 9.87 Å². The molecule has 4 saturated heterocycles. The third-order valence-electron chi connectivity index (χ3n) is 6.76. The highest BCUT2D eigenvalue weighted by atomic mass is 32.2. The SMILES string of the molecule is CCOC(C)SC.CSC1(C)CCCCO1.CSC1(C)CCCO1.CSC1CCCCO1.CSC1CCCO1. The Bertz CT molecular complexity index is 522. The van der Waals surface area contributed by atoms with Gasteiger partial charge in [-0.25, -0.2) is 0 Å². The van der Waals surface area contributed by atoms with Crippen molar-refractivity contribution in [3.63, 3.8) is 0 Å². The summed E-state index contributed by atoms with van der Waals surface area (Å²) in [6.07, 6.45) is 23.1. The van der Waals surface area contributed by atoms with Crippen LogP contribution < -0.4 is 0 Å². The van der Waals surface area contributed by atoms with Gasteiger partial charge in [0.15, 0.2) is 0 Å². The largest absolute Gasteiger partial charge is 0.368 e. The molecule has 4 aliphatic rings. The quantitative estimate of drug-likeness (QED) is 0.250. The van der Waals surface area contributed by atoms with Crippen molar-refractivity contribution in [3.05, 3.63) is 0 Å². The summed E-state index contributed by atoms with van der Waals surface area (Å²) in [6, 6.07) is 0. The van der Waals surface area contributed by atoms with Gasteiger partial charge in [0.1, 0.15) is 20.7 Å². The highest BCUT2D eigenvalue weighted by Crippen LogP contribution is 2.34. The zero-order chi connectivity index (χ0) is 29.4. The summed E-state index contributed by atoms with van der Waals surface area (Å²) in [4.78, 5) is 0.290. The van der Waals surface area contributed by atoms with Crippen LogP contribution in [0.15, 0.2) is 0 Å². The molecule has 0 aromatic rings. The highest BCUT2D eigenvalue weighted by Gasteiger charge is 2.28. The average Bonchev–Trinajstić information content (AvgIpc) is 3.68. The van der Waals surface area contributed by atoms with Gasteiger partial charge in [-0.05, 0) is 123 Å². The fraction of sp³-hybridized carbons (Fsp3) is 1.00. The molecule has 10 heteroatoms. The molecule has 0 bridgehead atoms. The summed E-state index contributed by atoms with van der Waals surface area (Å²) in [7, 11) is 0. The molecule has 0 amide bonds. The van der Waals surface area contributed by atoms with Gasteiger partial charge in [-0.3, -0.25) is 0 Å². The lowest BCUT2D eigenvalue weighted by molar-refractivity contribution is 0.00259. The van der Waals surface area contributed by atoms with Crippen molar-refractivity contribution in [3.8, 4) is 0 Å². The van der Waals surface area contributed by atoms with Gasteiger partial charge in [0, 0.05) is 33.0 Å². The lowest BCUT2D eigenvalue weighted by atomic mass is 10.1. The third-order valence-corrected chi connectivity index (χ3v) is 11.7. The van der Waals surface area contributed by atoms with E-state index in [1.807, 2.05) is 67.2 Å². The standard InChI is InChI=1S/C7H14OS.2C6H12OS.C5H10OS.C5H12OS/c1-7(9-2)5-3-4-6-8-7;1-6(8-2)4-3-5-7-6;1-8-6-4-2-3-5-7-6;1-7-5-3-2-4-6-5;1-4-6-5(2)7-3/h3-6H2,1-2H3;3-5H2,1-2H3;6H,2-5H2,1H3;5H,2-4H2,1H3;5H,4H2,1-3H3. The Morgan fingerprint density at radius 1 is 0.692 bits per heavy atom. The first-order valence-corrected chi connectivity index (χ1v) is 20.8. The second-order valence-electron chi connectivity index (χ2n) is 9.90. The van der Waals surface area contributed by atoms with E-state index >= 15 is 0 Å². The van der Waals surface area contributed by atoms with E-state index in [2.05, 4.69) is 38.9 Å². The Labute approximate surface area is 263 Å². The van der Waals surface area contributed by atoms with Gasteiger partial charge >= 0.3 is 0 Å². The molecule has 0 saturated carbocycles. The van der Waals surface area contributed by atoms with Crippen molar-refractivity contribution in [2.24, 2.45) is 0 Å². The van der Waals surface area contributed by atoms with Gasteiger partial charge in [0.2, 0.25) is 0 Å². The fourth-order valence-electron chi connectivity index (χ4n) is 3.92. The first-order valence-electron chi connectivity index (χ1n) is 14.5. The van der Waals surface area contributed by atoms with Gasteiger partial charge in [0.25, 0.3) is 0 Å². The van der Waals surface area contributed by atoms with E-state index in [4.69, 9.17) is 23.7 Å². The summed E-state index contributed by atoms with van der Waals surface area (Å²) in [5.74, 6) is 0. The second kappa shape index (κ2) is 26.0. The Kier molecular flexibility index (Phi) is 27.0. The molecule has 236 valence electrons. The zero-order valence-corrected chi connectivity index (χ0v) is 30.5. The van der Waals surface area contributed by atoms with Crippen molar-refractivity contribution < 1.29 is 23.7 Å². The minimum atomic E-state index is 0.137. The topological polar surface area (TPSA) is 46.2 Å². The molecule has 0 aromatic heterocycles. The van der Waals surface area contributed by atoms with E-state index in [1.165, 1.54) is 64.2 Å². The van der Waals surface area contributed by atoms with E-state index in [0.717, 1.165) is 33.0 Å². The predicted molar refractivity (Wildman–Crippen MR) is 183 cm³/mol. The maximum atomic E-state index is 5.58. The van der Waals surface area contributed by atoms with E-state index in [0.29, 0.717) is 16.3 Å². The number of hydrogen-bond donors (Lipinski definition) is 0. The van der Waals surface area contributed by atoms with E-state index in [1.54, 1.807) is 11.8 Å². The van der Waals surface area contributed by atoms with Crippen molar-refractivity contribution in [2.75, 3.05) is 64.3 Å². The summed E-state index contributed by atoms with van der Waals surface area (Å²) in [5.41, 5.74) is 1.38. The number of rotatable bonds is 7. The number of ether oxygens (including phenoxy) is 5. The van der Waals surface area contributed by atoms with Gasteiger partial charge in [-0.2, -0.15) is 0 Å². The van der Waals surface area contributed by atoms with Gasteiger partial charge in [0.05, 0.1) is 5.44 Å². The molecule has 0 spiro atoms. The Balaban J connectivity index is 0.000000465. The molecule has 0 radical (unpaired) electrons. The molecular formula is C29H60O5S5. The van der Waals surface area contributed by atoms with Gasteiger partial charge in [-0.15, -0.1) is 58.8 Å². The Morgan fingerprint density at radius 3 is 1.46 bits per heavy atom. The molecule has 5 nitrogen and oxygen atoms in total. The lowest BCUT2D eigenvalue weighted by Crippen LogP contribution is -2.28. The third kappa shape index (κ3) is 21.8. The first-order chi connectivity index (χ1) is 18.7. The minimum absolute atomic E-state index is 0.137. The lowest BCUT2D eigenvalue weighted by Gasteiger charge is -2.31. The molecule has 4 fully saturated rings. The van der Waals surface area contributed by atoms with Crippen LogP contribution >= 0.6 is 58.8 Å². The highest BCUT2D eigenvalue weighted by molar-refractivity contribution is 8.00. The predicted octanol–water partition coefficient (Wildman–Crippen LogP) is 9.24. The van der Waals surface area contributed by atoms with E-state index < -0.39 is 0 Å². The van der Waals surface area contributed by atoms with Crippen LogP contribution in [-0.2, 0) is 23.7 Å². The molecule has 0 aromatic carbocycles. The maximum Gasteiger partial charge on any atom is 0.110 e. The van der Waals surface area contributed by atoms with Crippen LogP contribution in [0, 0.1) is 0 Å². The molecule has 4 heterocycles. The Hall–Kier alpha value is 1.55. The fourth-order valence-corrected chi connectivity index (χ4v) is 6.56. The monoisotopic (exact) mass is 648 g/mol. The zero-order valence-electron chi connectivity index (χ0n) is 26.4.